The van der Waals surface area contributed by atoms with Gasteiger partial charge in [0, 0.05) is 24.7 Å². The number of likely N-dealkylation sites (N-methyl/N-ethyl adjacent to an activating group) is 1. The lowest BCUT2D eigenvalue weighted by Gasteiger charge is -2.42. The SMILES string of the molecule is CN(C)C1CN(C(=O)c2ccc(C(C)(C)C)cc2)C1. The summed E-state index contributed by atoms with van der Waals surface area (Å²) < 4.78 is 0. The van der Waals surface area contributed by atoms with Gasteiger partial charge in [-0.1, -0.05) is 32.9 Å². The molecular weight excluding hydrogens is 236 g/mol. The molecule has 0 bridgehead atoms. The Kier molecular flexibility index (Phi) is 3.68. The molecule has 0 aromatic heterocycles. The highest BCUT2D eigenvalue weighted by Gasteiger charge is 2.32. The van der Waals surface area contributed by atoms with Gasteiger partial charge in [-0.05, 0) is 37.2 Å². The van der Waals surface area contributed by atoms with Crippen LogP contribution in [0, 0.1) is 0 Å². The van der Waals surface area contributed by atoms with Gasteiger partial charge >= 0.3 is 0 Å². The van der Waals surface area contributed by atoms with Gasteiger partial charge in [-0.3, -0.25) is 4.79 Å². The first-order valence-electron chi connectivity index (χ1n) is 6.85. The molecule has 0 saturated carbocycles. The fourth-order valence-corrected chi connectivity index (χ4v) is 2.24. The molecule has 0 aliphatic carbocycles. The zero-order valence-corrected chi connectivity index (χ0v) is 12.6. The third-order valence-corrected chi connectivity index (χ3v) is 3.88. The normalized spacial score (nSPS) is 16.6. The first-order valence-corrected chi connectivity index (χ1v) is 6.85. The molecule has 1 aliphatic rings. The number of hydrogen-bond acceptors (Lipinski definition) is 2. The molecule has 2 rings (SSSR count). The van der Waals surface area contributed by atoms with Crippen LogP contribution < -0.4 is 0 Å². The summed E-state index contributed by atoms with van der Waals surface area (Å²) >= 11 is 0. The van der Waals surface area contributed by atoms with E-state index in [-0.39, 0.29) is 11.3 Å². The average molecular weight is 260 g/mol. The molecule has 0 spiro atoms. The van der Waals surface area contributed by atoms with Crippen LogP contribution in [0.5, 0.6) is 0 Å². The van der Waals surface area contributed by atoms with Crippen LogP contribution >= 0.6 is 0 Å². The second-order valence-electron chi connectivity index (χ2n) is 6.65. The number of likely N-dealkylation sites (tertiary alicyclic amines) is 1. The standard InChI is InChI=1S/C16H24N2O/c1-16(2,3)13-8-6-12(7-9-13)15(19)18-10-14(11-18)17(4)5/h6-9,14H,10-11H2,1-5H3. The first-order chi connectivity index (χ1) is 8.79. The molecule has 1 aromatic carbocycles. The van der Waals surface area contributed by atoms with E-state index in [1.54, 1.807) is 0 Å². The zero-order chi connectivity index (χ0) is 14.2. The molecule has 19 heavy (non-hydrogen) atoms. The minimum Gasteiger partial charge on any atom is -0.335 e. The molecule has 1 saturated heterocycles. The van der Waals surface area contributed by atoms with E-state index in [1.165, 1.54) is 5.56 Å². The van der Waals surface area contributed by atoms with E-state index in [9.17, 15) is 4.79 Å². The van der Waals surface area contributed by atoms with Crippen molar-refractivity contribution in [2.75, 3.05) is 27.2 Å². The summed E-state index contributed by atoms with van der Waals surface area (Å²) in [5, 5.41) is 0. The van der Waals surface area contributed by atoms with Crippen molar-refractivity contribution in [3.05, 3.63) is 35.4 Å². The smallest absolute Gasteiger partial charge is 0.253 e. The number of rotatable bonds is 2. The lowest BCUT2D eigenvalue weighted by molar-refractivity contribution is 0.0399. The van der Waals surface area contributed by atoms with Gasteiger partial charge in [0.1, 0.15) is 0 Å². The lowest BCUT2D eigenvalue weighted by Crippen LogP contribution is -2.59. The van der Waals surface area contributed by atoms with E-state index in [0.717, 1.165) is 18.7 Å². The molecule has 3 heteroatoms. The highest BCUT2D eigenvalue weighted by atomic mass is 16.2. The third-order valence-electron chi connectivity index (χ3n) is 3.88. The van der Waals surface area contributed by atoms with Crippen LogP contribution in [0.1, 0.15) is 36.7 Å². The van der Waals surface area contributed by atoms with Crippen molar-refractivity contribution in [3.8, 4) is 0 Å². The first kappa shape index (κ1) is 14.1. The fourth-order valence-electron chi connectivity index (χ4n) is 2.24. The van der Waals surface area contributed by atoms with Gasteiger partial charge in [0.25, 0.3) is 5.91 Å². The Morgan fingerprint density at radius 1 is 1.16 bits per heavy atom. The number of carbonyl (C=O) groups is 1. The summed E-state index contributed by atoms with van der Waals surface area (Å²) in [6.07, 6.45) is 0. The van der Waals surface area contributed by atoms with Crippen molar-refractivity contribution in [3.63, 3.8) is 0 Å². The molecule has 0 N–H and O–H groups in total. The van der Waals surface area contributed by atoms with Gasteiger partial charge in [-0.2, -0.15) is 0 Å². The highest BCUT2D eigenvalue weighted by Crippen LogP contribution is 2.23. The maximum Gasteiger partial charge on any atom is 0.253 e. The summed E-state index contributed by atoms with van der Waals surface area (Å²) in [5.74, 6) is 0.151. The number of carbonyl (C=O) groups excluding carboxylic acids is 1. The van der Waals surface area contributed by atoms with Crippen LogP contribution in [-0.4, -0.2) is 48.9 Å². The molecular formula is C16H24N2O. The van der Waals surface area contributed by atoms with E-state index in [1.807, 2.05) is 17.0 Å². The van der Waals surface area contributed by atoms with Gasteiger partial charge in [-0.25, -0.2) is 0 Å². The van der Waals surface area contributed by atoms with Gasteiger partial charge < -0.3 is 9.80 Å². The molecule has 1 aliphatic heterocycles. The molecule has 1 aromatic rings. The van der Waals surface area contributed by atoms with Crippen molar-refractivity contribution in [1.82, 2.24) is 9.80 Å². The van der Waals surface area contributed by atoms with E-state index in [2.05, 4.69) is 51.9 Å². The van der Waals surface area contributed by atoms with Crippen molar-refractivity contribution >= 4 is 5.91 Å². The number of benzene rings is 1. The third kappa shape index (κ3) is 2.98. The molecule has 1 fully saturated rings. The Morgan fingerprint density at radius 2 is 1.68 bits per heavy atom. The van der Waals surface area contributed by atoms with E-state index in [0.29, 0.717) is 6.04 Å². The summed E-state index contributed by atoms with van der Waals surface area (Å²) in [5.41, 5.74) is 2.19. The van der Waals surface area contributed by atoms with Crippen LogP contribution in [0.2, 0.25) is 0 Å². The Bertz CT molecular complexity index is 451. The Hall–Kier alpha value is -1.35. The van der Waals surface area contributed by atoms with E-state index >= 15 is 0 Å². The summed E-state index contributed by atoms with van der Waals surface area (Å²) in [6.45, 7) is 8.22. The minimum atomic E-state index is 0.133. The average Bonchev–Trinajstić information content (AvgIpc) is 2.25. The maximum atomic E-state index is 12.3. The summed E-state index contributed by atoms with van der Waals surface area (Å²) in [6, 6.07) is 8.54. The Balaban J connectivity index is 2.02. The second-order valence-corrected chi connectivity index (χ2v) is 6.65. The molecule has 3 nitrogen and oxygen atoms in total. The molecule has 0 atom stereocenters. The maximum absolute atomic E-state index is 12.3. The number of amides is 1. The molecule has 1 heterocycles. The van der Waals surface area contributed by atoms with Gasteiger partial charge in [0.05, 0.1) is 0 Å². The van der Waals surface area contributed by atoms with Crippen LogP contribution in [0.25, 0.3) is 0 Å². The van der Waals surface area contributed by atoms with Crippen LogP contribution in [0.3, 0.4) is 0 Å². The largest absolute Gasteiger partial charge is 0.335 e. The quantitative estimate of drug-likeness (QED) is 0.815. The van der Waals surface area contributed by atoms with Crippen LogP contribution in [0.4, 0.5) is 0 Å². The van der Waals surface area contributed by atoms with Crippen molar-refractivity contribution in [2.24, 2.45) is 0 Å². The summed E-state index contributed by atoms with van der Waals surface area (Å²) in [4.78, 5) is 16.4. The van der Waals surface area contributed by atoms with Gasteiger partial charge in [0.2, 0.25) is 0 Å². The topological polar surface area (TPSA) is 23.6 Å². The minimum absolute atomic E-state index is 0.133. The Morgan fingerprint density at radius 3 is 2.11 bits per heavy atom. The van der Waals surface area contributed by atoms with E-state index in [4.69, 9.17) is 0 Å². The van der Waals surface area contributed by atoms with Crippen molar-refractivity contribution in [1.29, 1.82) is 0 Å². The summed E-state index contributed by atoms with van der Waals surface area (Å²) in [7, 11) is 4.12. The predicted octanol–water partition coefficient (Wildman–Crippen LogP) is 2.37. The van der Waals surface area contributed by atoms with Gasteiger partial charge in [-0.15, -0.1) is 0 Å². The molecule has 1 amide bonds. The predicted molar refractivity (Wildman–Crippen MR) is 78.5 cm³/mol. The van der Waals surface area contributed by atoms with E-state index < -0.39 is 0 Å². The Labute approximate surface area is 116 Å². The monoisotopic (exact) mass is 260 g/mol. The second kappa shape index (κ2) is 4.97. The molecule has 0 radical (unpaired) electrons. The van der Waals surface area contributed by atoms with Crippen LogP contribution in [0.15, 0.2) is 24.3 Å². The zero-order valence-electron chi connectivity index (χ0n) is 12.6. The number of hydrogen-bond donors (Lipinski definition) is 0. The fraction of sp³-hybridized carbons (Fsp3) is 0.562. The lowest BCUT2D eigenvalue weighted by atomic mass is 9.86. The molecule has 104 valence electrons. The van der Waals surface area contributed by atoms with Crippen molar-refractivity contribution < 1.29 is 4.79 Å². The number of nitrogens with zero attached hydrogens (tertiary/aromatic N) is 2. The highest BCUT2D eigenvalue weighted by molar-refractivity contribution is 5.94. The van der Waals surface area contributed by atoms with Gasteiger partial charge in [0.15, 0.2) is 0 Å². The van der Waals surface area contributed by atoms with Crippen molar-refractivity contribution in [2.45, 2.75) is 32.2 Å². The van der Waals surface area contributed by atoms with Crippen LogP contribution in [-0.2, 0) is 5.41 Å². The molecule has 0 unspecified atom stereocenters.